The monoisotopic (exact) mass is 265 g/mol. The SMILES string of the molecule is CNCc1cc(COCCc2cccs2)oc1C. The summed E-state index contributed by atoms with van der Waals surface area (Å²) in [5.41, 5.74) is 1.20. The molecule has 2 heterocycles. The first kappa shape index (κ1) is 13.3. The van der Waals surface area contributed by atoms with Crippen molar-refractivity contribution < 1.29 is 9.15 Å². The van der Waals surface area contributed by atoms with Gasteiger partial charge in [0.05, 0.1) is 6.61 Å². The van der Waals surface area contributed by atoms with E-state index in [1.165, 1.54) is 10.4 Å². The second kappa shape index (κ2) is 6.73. The Morgan fingerprint density at radius 1 is 1.44 bits per heavy atom. The third-order valence-corrected chi connectivity index (χ3v) is 3.69. The van der Waals surface area contributed by atoms with Gasteiger partial charge in [0.25, 0.3) is 0 Å². The highest BCUT2D eigenvalue weighted by Gasteiger charge is 2.06. The average molecular weight is 265 g/mol. The maximum absolute atomic E-state index is 5.64. The molecule has 0 fully saturated rings. The van der Waals surface area contributed by atoms with E-state index in [9.17, 15) is 0 Å². The first-order valence-corrected chi connectivity index (χ1v) is 7.00. The van der Waals surface area contributed by atoms with E-state index in [1.807, 2.05) is 14.0 Å². The van der Waals surface area contributed by atoms with Crippen LogP contribution in [0.25, 0.3) is 0 Å². The Labute approximate surface area is 112 Å². The molecule has 0 unspecified atom stereocenters. The molecule has 0 aromatic carbocycles. The van der Waals surface area contributed by atoms with Crippen LogP contribution < -0.4 is 5.32 Å². The lowest BCUT2D eigenvalue weighted by Crippen LogP contribution is -2.04. The zero-order valence-corrected chi connectivity index (χ0v) is 11.7. The van der Waals surface area contributed by atoms with Gasteiger partial charge in [0.15, 0.2) is 0 Å². The van der Waals surface area contributed by atoms with Gasteiger partial charge in [-0.2, -0.15) is 0 Å². The molecule has 2 rings (SSSR count). The molecule has 0 aliphatic rings. The minimum absolute atomic E-state index is 0.552. The maximum Gasteiger partial charge on any atom is 0.130 e. The molecule has 2 aromatic heterocycles. The van der Waals surface area contributed by atoms with Gasteiger partial charge in [-0.25, -0.2) is 0 Å². The minimum Gasteiger partial charge on any atom is -0.464 e. The molecule has 0 saturated carbocycles. The van der Waals surface area contributed by atoms with E-state index < -0.39 is 0 Å². The first-order valence-electron chi connectivity index (χ1n) is 6.12. The van der Waals surface area contributed by atoms with Gasteiger partial charge in [-0.3, -0.25) is 0 Å². The Hall–Kier alpha value is -1.10. The van der Waals surface area contributed by atoms with E-state index in [0.717, 1.165) is 31.1 Å². The van der Waals surface area contributed by atoms with Gasteiger partial charge >= 0.3 is 0 Å². The van der Waals surface area contributed by atoms with Gasteiger partial charge in [0.2, 0.25) is 0 Å². The minimum atomic E-state index is 0.552. The number of hydrogen-bond acceptors (Lipinski definition) is 4. The molecule has 0 atom stereocenters. The normalized spacial score (nSPS) is 11.0. The van der Waals surface area contributed by atoms with Gasteiger partial charge in [-0.05, 0) is 31.5 Å². The molecule has 18 heavy (non-hydrogen) atoms. The van der Waals surface area contributed by atoms with Crippen LogP contribution in [0.3, 0.4) is 0 Å². The molecule has 1 N–H and O–H groups in total. The molecule has 0 amide bonds. The van der Waals surface area contributed by atoms with E-state index in [-0.39, 0.29) is 0 Å². The Morgan fingerprint density at radius 3 is 3.06 bits per heavy atom. The summed E-state index contributed by atoms with van der Waals surface area (Å²) >= 11 is 1.77. The molecule has 0 aliphatic heterocycles. The van der Waals surface area contributed by atoms with Gasteiger partial charge in [0.1, 0.15) is 18.1 Å². The number of hydrogen-bond donors (Lipinski definition) is 1. The lowest BCUT2D eigenvalue weighted by molar-refractivity contribution is 0.108. The van der Waals surface area contributed by atoms with Crippen LogP contribution in [0.1, 0.15) is 22.0 Å². The fourth-order valence-corrected chi connectivity index (χ4v) is 2.52. The summed E-state index contributed by atoms with van der Waals surface area (Å²) in [6.45, 7) is 4.11. The number of rotatable bonds is 7. The zero-order chi connectivity index (χ0) is 12.8. The van der Waals surface area contributed by atoms with Crippen LogP contribution in [0.15, 0.2) is 28.0 Å². The molecule has 3 nitrogen and oxygen atoms in total. The van der Waals surface area contributed by atoms with Crippen LogP contribution in [0.2, 0.25) is 0 Å². The Kier molecular flexibility index (Phi) is 4.99. The number of thiophene rings is 1. The molecule has 0 spiro atoms. The fraction of sp³-hybridized carbons (Fsp3) is 0.429. The Bertz CT molecular complexity index is 462. The highest BCUT2D eigenvalue weighted by Crippen LogP contribution is 2.15. The van der Waals surface area contributed by atoms with Crippen LogP contribution in [-0.4, -0.2) is 13.7 Å². The fourth-order valence-electron chi connectivity index (χ4n) is 1.83. The topological polar surface area (TPSA) is 34.4 Å². The predicted octanol–water partition coefficient (Wildman–Crippen LogP) is 3.13. The second-order valence-corrected chi connectivity index (χ2v) is 5.24. The molecule has 0 saturated heterocycles. The van der Waals surface area contributed by atoms with Crippen LogP contribution in [0.4, 0.5) is 0 Å². The molecule has 0 bridgehead atoms. The van der Waals surface area contributed by atoms with Crippen molar-refractivity contribution in [1.82, 2.24) is 5.32 Å². The largest absolute Gasteiger partial charge is 0.464 e. The van der Waals surface area contributed by atoms with Crippen molar-refractivity contribution >= 4 is 11.3 Å². The van der Waals surface area contributed by atoms with Gasteiger partial charge in [-0.1, -0.05) is 6.07 Å². The molecule has 4 heteroatoms. The van der Waals surface area contributed by atoms with E-state index in [0.29, 0.717) is 6.61 Å². The smallest absolute Gasteiger partial charge is 0.130 e. The van der Waals surface area contributed by atoms with Crippen molar-refractivity contribution in [3.63, 3.8) is 0 Å². The predicted molar refractivity (Wildman–Crippen MR) is 73.9 cm³/mol. The van der Waals surface area contributed by atoms with E-state index in [2.05, 4.69) is 28.9 Å². The van der Waals surface area contributed by atoms with Crippen molar-refractivity contribution in [3.05, 3.63) is 45.5 Å². The van der Waals surface area contributed by atoms with E-state index in [1.54, 1.807) is 11.3 Å². The van der Waals surface area contributed by atoms with Gasteiger partial charge < -0.3 is 14.5 Å². The van der Waals surface area contributed by atoms with Crippen LogP contribution in [-0.2, 0) is 24.3 Å². The standard InChI is InChI=1S/C14H19NO2S/c1-11-12(9-15-2)8-13(17-11)10-16-6-5-14-4-3-7-18-14/h3-4,7-8,15H,5-6,9-10H2,1-2H3. The van der Waals surface area contributed by atoms with Crippen molar-refractivity contribution in [2.24, 2.45) is 0 Å². The number of ether oxygens (including phenoxy) is 1. The van der Waals surface area contributed by atoms with Crippen LogP contribution >= 0.6 is 11.3 Å². The number of furan rings is 1. The van der Waals surface area contributed by atoms with Crippen LogP contribution in [0.5, 0.6) is 0 Å². The molecule has 0 radical (unpaired) electrons. The first-order chi connectivity index (χ1) is 8.79. The number of aryl methyl sites for hydroxylation is 1. The quantitative estimate of drug-likeness (QED) is 0.781. The van der Waals surface area contributed by atoms with Crippen LogP contribution in [0, 0.1) is 6.92 Å². The highest BCUT2D eigenvalue weighted by molar-refractivity contribution is 7.09. The Morgan fingerprint density at radius 2 is 2.33 bits per heavy atom. The maximum atomic E-state index is 5.64. The summed E-state index contributed by atoms with van der Waals surface area (Å²) in [5, 5.41) is 5.22. The molecular weight excluding hydrogens is 246 g/mol. The van der Waals surface area contributed by atoms with Crippen molar-refractivity contribution in [1.29, 1.82) is 0 Å². The molecule has 2 aromatic rings. The van der Waals surface area contributed by atoms with E-state index in [4.69, 9.17) is 9.15 Å². The van der Waals surface area contributed by atoms with Crippen molar-refractivity contribution in [3.8, 4) is 0 Å². The lowest BCUT2D eigenvalue weighted by atomic mass is 10.2. The molecule has 0 aliphatic carbocycles. The summed E-state index contributed by atoms with van der Waals surface area (Å²) in [6.07, 6.45) is 0.973. The average Bonchev–Trinajstić information content (AvgIpc) is 2.96. The summed E-state index contributed by atoms with van der Waals surface area (Å²) < 4.78 is 11.3. The van der Waals surface area contributed by atoms with Crippen molar-refractivity contribution in [2.75, 3.05) is 13.7 Å². The summed E-state index contributed by atoms with van der Waals surface area (Å²) in [5.74, 6) is 1.88. The zero-order valence-electron chi connectivity index (χ0n) is 10.9. The summed E-state index contributed by atoms with van der Waals surface area (Å²) in [4.78, 5) is 1.36. The third-order valence-electron chi connectivity index (χ3n) is 2.76. The summed E-state index contributed by atoms with van der Waals surface area (Å²) in [7, 11) is 1.93. The molecule has 98 valence electrons. The van der Waals surface area contributed by atoms with Gasteiger partial charge in [0, 0.05) is 23.4 Å². The Balaban J connectivity index is 1.74. The van der Waals surface area contributed by atoms with E-state index >= 15 is 0 Å². The second-order valence-electron chi connectivity index (χ2n) is 4.21. The third kappa shape index (κ3) is 3.70. The highest BCUT2D eigenvalue weighted by atomic mass is 32.1. The molecular formula is C14H19NO2S. The van der Waals surface area contributed by atoms with Gasteiger partial charge in [-0.15, -0.1) is 11.3 Å². The lowest BCUT2D eigenvalue weighted by Gasteiger charge is -2.00. The number of nitrogens with one attached hydrogen (secondary N) is 1. The summed E-state index contributed by atoms with van der Waals surface area (Å²) in [6, 6.07) is 6.27. The van der Waals surface area contributed by atoms with Crippen molar-refractivity contribution in [2.45, 2.75) is 26.5 Å².